The van der Waals surface area contributed by atoms with Crippen LogP contribution in [0.5, 0.6) is 5.75 Å². The lowest BCUT2D eigenvalue weighted by Crippen LogP contribution is -2.64. The molecule has 3 amide bonds. The number of ether oxygens (including phenoxy) is 1. The average molecular weight is 506 g/mol. The van der Waals surface area contributed by atoms with Gasteiger partial charge in [-0.25, -0.2) is 9.37 Å². The number of anilines is 1. The van der Waals surface area contributed by atoms with Gasteiger partial charge in [-0.05, 0) is 62.1 Å². The minimum Gasteiger partial charge on any atom is -0.495 e. The summed E-state index contributed by atoms with van der Waals surface area (Å²) in [5, 5.41) is 5.70. The van der Waals surface area contributed by atoms with Crippen molar-refractivity contribution >= 4 is 23.4 Å². The van der Waals surface area contributed by atoms with Gasteiger partial charge in [0, 0.05) is 12.6 Å². The van der Waals surface area contributed by atoms with E-state index in [0.29, 0.717) is 11.4 Å². The third-order valence-corrected chi connectivity index (χ3v) is 6.85. The van der Waals surface area contributed by atoms with Crippen molar-refractivity contribution < 1.29 is 23.5 Å². The predicted octanol–water partition coefficient (Wildman–Crippen LogP) is 3.28. The molecule has 5 rings (SSSR count). The van der Waals surface area contributed by atoms with Crippen molar-refractivity contribution in [1.29, 1.82) is 0 Å². The van der Waals surface area contributed by atoms with E-state index >= 15 is 0 Å². The molecule has 2 N–H and O–H groups in total. The molecule has 0 saturated heterocycles. The summed E-state index contributed by atoms with van der Waals surface area (Å²) in [5.41, 5.74) is 1.11. The second-order valence-electron chi connectivity index (χ2n) is 9.72. The Morgan fingerprint density at radius 2 is 1.92 bits per heavy atom. The fourth-order valence-electron chi connectivity index (χ4n) is 4.80. The van der Waals surface area contributed by atoms with Crippen molar-refractivity contribution in [2.45, 2.75) is 51.4 Å². The molecule has 37 heavy (non-hydrogen) atoms. The van der Waals surface area contributed by atoms with Gasteiger partial charge in [-0.2, -0.15) is 0 Å². The number of imidazole rings is 1. The van der Waals surface area contributed by atoms with Crippen LogP contribution in [0.1, 0.15) is 51.9 Å². The number of nitrogens with zero attached hydrogens (tertiary/aromatic N) is 3. The maximum atomic E-state index is 13.8. The van der Waals surface area contributed by atoms with Crippen molar-refractivity contribution in [2.24, 2.45) is 0 Å². The zero-order valence-corrected chi connectivity index (χ0v) is 20.9. The number of hydrogen-bond acceptors (Lipinski definition) is 5. The Morgan fingerprint density at radius 3 is 2.59 bits per heavy atom. The summed E-state index contributed by atoms with van der Waals surface area (Å²) in [6.45, 7) is 3.97. The summed E-state index contributed by atoms with van der Waals surface area (Å²) >= 11 is 0. The molecule has 1 unspecified atom stereocenters. The topological polar surface area (TPSA) is 106 Å². The Labute approximate surface area is 213 Å². The van der Waals surface area contributed by atoms with Crippen molar-refractivity contribution in [1.82, 2.24) is 19.8 Å². The number of nitrogens with one attached hydrogen (secondary N) is 2. The molecule has 2 heterocycles. The first kappa shape index (κ1) is 24.5. The molecule has 3 aromatic rings. The van der Waals surface area contributed by atoms with Crippen molar-refractivity contribution in [3.63, 3.8) is 0 Å². The molecular weight excluding hydrogens is 477 g/mol. The summed E-state index contributed by atoms with van der Waals surface area (Å²) in [4.78, 5) is 46.3. The van der Waals surface area contributed by atoms with E-state index in [0.717, 1.165) is 24.0 Å². The van der Waals surface area contributed by atoms with Crippen LogP contribution in [-0.4, -0.2) is 50.9 Å². The van der Waals surface area contributed by atoms with E-state index in [9.17, 15) is 18.8 Å². The minimum atomic E-state index is -1.18. The maximum Gasteiger partial charge on any atom is 0.276 e. The highest BCUT2D eigenvalue weighted by Crippen LogP contribution is 2.39. The van der Waals surface area contributed by atoms with E-state index < -0.39 is 17.4 Å². The first-order valence-electron chi connectivity index (χ1n) is 12.1. The lowest BCUT2D eigenvalue weighted by molar-refractivity contribution is -0.133. The SMILES string of the molecule is COc1ccc(C)cc1NC(=O)c1ncn2c1C(=O)N(C1CC1)C(C)(C(=O)NCc1ccc(F)cc1)C2. The molecule has 1 fully saturated rings. The van der Waals surface area contributed by atoms with Gasteiger partial charge in [-0.1, -0.05) is 18.2 Å². The lowest BCUT2D eigenvalue weighted by atomic mass is 9.93. The van der Waals surface area contributed by atoms with Crippen LogP contribution in [0.2, 0.25) is 0 Å². The van der Waals surface area contributed by atoms with Gasteiger partial charge in [0.25, 0.3) is 11.8 Å². The van der Waals surface area contributed by atoms with Crippen molar-refractivity contribution in [2.75, 3.05) is 12.4 Å². The number of halogens is 1. The van der Waals surface area contributed by atoms with Crippen LogP contribution in [0.4, 0.5) is 10.1 Å². The van der Waals surface area contributed by atoms with Crippen molar-refractivity contribution in [3.8, 4) is 5.75 Å². The summed E-state index contributed by atoms with van der Waals surface area (Å²) in [7, 11) is 1.51. The van der Waals surface area contributed by atoms with E-state index in [2.05, 4.69) is 15.6 Å². The highest BCUT2D eigenvalue weighted by molar-refractivity contribution is 6.12. The summed E-state index contributed by atoms with van der Waals surface area (Å²) in [5.74, 6) is -1.14. The number of amides is 3. The molecule has 1 atom stereocenters. The van der Waals surface area contributed by atoms with Crippen LogP contribution in [0.15, 0.2) is 48.8 Å². The summed E-state index contributed by atoms with van der Waals surface area (Å²) in [6.07, 6.45) is 2.98. The van der Waals surface area contributed by atoms with Crippen LogP contribution < -0.4 is 15.4 Å². The smallest absolute Gasteiger partial charge is 0.276 e. The van der Waals surface area contributed by atoms with Crippen LogP contribution in [0.3, 0.4) is 0 Å². The number of rotatable bonds is 7. The number of benzene rings is 2. The Kier molecular flexibility index (Phi) is 6.18. The van der Waals surface area contributed by atoms with Gasteiger partial charge in [0.05, 0.1) is 25.7 Å². The fraction of sp³-hybridized carbons (Fsp3) is 0.333. The first-order chi connectivity index (χ1) is 17.7. The number of aryl methyl sites for hydroxylation is 1. The second-order valence-corrected chi connectivity index (χ2v) is 9.72. The van der Waals surface area contributed by atoms with Gasteiger partial charge < -0.3 is 24.8 Å². The standard InChI is InChI=1S/C27H28FN5O4/c1-16-4-11-21(37-3)20(12-16)31-24(34)22-23-25(35)33(19-9-10-19)27(2,14-32(23)15-30-22)26(36)29-13-17-5-7-18(28)8-6-17/h4-8,11-12,15,19H,9-10,13-14H2,1-3H3,(H,29,36)(H,31,34). The molecule has 2 aliphatic rings. The number of carbonyl (C=O) groups is 3. The predicted molar refractivity (Wildman–Crippen MR) is 134 cm³/mol. The molecule has 192 valence electrons. The molecule has 9 nitrogen and oxygen atoms in total. The number of fused-ring (bicyclic) bond motifs is 1. The monoisotopic (exact) mass is 505 g/mol. The third kappa shape index (κ3) is 4.54. The second kappa shape index (κ2) is 9.34. The molecule has 2 aromatic carbocycles. The zero-order chi connectivity index (χ0) is 26.3. The molecule has 0 spiro atoms. The highest BCUT2D eigenvalue weighted by atomic mass is 19.1. The first-order valence-corrected chi connectivity index (χ1v) is 12.1. The van der Waals surface area contributed by atoms with Gasteiger partial charge in [0.15, 0.2) is 5.69 Å². The van der Waals surface area contributed by atoms with E-state index in [1.54, 1.807) is 40.7 Å². The molecule has 1 aliphatic carbocycles. The van der Waals surface area contributed by atoms with Crippen LogP contribution >= 0.6 is 0 Å². The Hall–Kier alpha value is -4.21. The van der Waals surface area contributed by atoms with Crippen LogP contribution in [-0.2, 0) is 17.9 Å². The molecule has 1 aromatic heterocycles. The third-order valence-electron chi connectivity index (χ3n) is 6.85. The van der Waals surface area contributed by atoms with Gasteiger partial charge >= 0.3 is 0 Å². The van der Waals surface area contributed by atoms with Crippen molar-refractivity contribution in [3.05, 3.63) is 77.1 Å². The quantitative estimate of drug-likeness (QED) is 0.513. The van der Waals surface area contributed by atoms with Crippen LogP contribution in [0.25, 0.3) is 0 Å². The average Bonchev–Trinajstić information content (AvgIpc) is 3.61. The Morgan fingerprint density at radius 1 is 1.19 bits per heavy atom. The van der Waals surface area contributed by atoms with Gasteiger partial charge in [-0.3, -0.25) is 14.4 Å². The van der Waals surface area contributed by atoms with Crippen LogP contribution in [0, 0.1) is 12.7 Å². The number of carbonyl (C=O) groups excluding carboxylic acids is 3. The largest absolute Gasteiger partial charge is 0.495 e. The maximum absolute atomic E-state index is 13.8. The van der Waals surface area contributed by atoms with E-state index in [1.807, 2.05) is 13.0 Å². The molecule has 0 bridgehead atoms. The van der Waals surface area contributed by atoms with E-state index in [4.69, 9.17) is 4.74 Å². The Bertz CT molecular complexity index is 1380. The molecule has 1 aliphatic heterocycles. The summed E-state index contributed by atoms with van der Waals surface area (Å²) in [6, 6.07) is 11.2. The number of hydrogen-bond donors (Lipinski definition) is 2. The summed E-state index contributed by atoms with van der Waals surface area (Å²) < 4.78 is 20.1. The van der Waals surface area contributed by atoms with E-state index in [1.165, 1.54) is 25.6 Å². The van der Waals surface area contributed by atoms with E-state index in [-0.39, 0.29) is 42.2 Å². The highest BCUT2D eigenvalue weighted by Gasteiger charge is 2.53. The molecule has 1 saturated carbocycles. The zero-order valence-electron chi connectivity index (χ0n) is 20.9. The fourth-order valence-corrected chi connectivity index (χ4v) is 4.80. The van der Waals surface area contributed by atoms with Gasteiger partial charge in [0.1, 0.15) is 22.8 Å². The molecule has 0 radical (unpaired) electrons. The normalized spacial score (nSPS) is 18.8. The lowest BCUT2D eigenvalue weighted by Gasteiger charge is -2.44. The number of methoxy groups -OCH3 is 1. The minimum absolute atomic E-state index is 0.00650. The van der Waals surface area contributed by atoms with Gasteiger partial charge in [-0.15, -0.1) is 0 Å². The number of aromatic nitrogens is 2. The molecular formula is C27H28FN5O4. The molecule has 10 heteroatoms. The van der Waals surface area contributed by atoms with Gasteiger partial charge in [0.2, 0.25) is 5.91 Å². The Balaban J connectivity index is 1.41.